The fraction of sp³-hybridized carbons (Fsp3) is 0.138. The average Bonchev–Trinajstić information content (AvgIpc) is 3.48. The number of anilines is 1. The van der Waals surface area contributed by atoms with E-state index in [1.165, 1.54) is 18.2 Å². The van der Waals surface area contributed by atoms with Crippen LogP contribution in [0.25, 0.3) is 5.76 Å². The first kappa shape index (κ1) is 25.8. The van der Waals surface area contributed by atoms with Crippen LogP contribution in [0.2, 0.25) is 0 Å². The number of aliphatic hydroxyl groups is 1. The van der Waals surface area contributed by atoms with Crippen molar-refractivity contribution in [3.63, 3.8) is 0 Å². The Morgan fingerprint density at radius 3 is 2.46 bits per heavy atom. The summed E-state index contributed by atoms with van der Waals surface area (Å²) in [5.41, 5.74) is 2.08. The van der Waals surface area contributed by atoms with Crippen LogP contribution in [0, 0.1) is 6.92 Å². The van der Waals surface area contributed by atoms with E-state index in [4.69, 9.17) is 9.47 Å². The fourth-order valence-electron chi connectivity index (χ4n) is 4.26. The molecule has 196 valence electrons. The highest BCUT2D eigenvalue weighted by Gasteiger charge is 2.48. The largest absolute Gasteiger partial charge is 0.507 e. The molecule has 1 saturated heterocycles. The molecule has 2 aromatic heterocycles. The van der Waals surface area contributed by atoms with Gasteiger partial charge in [0.15, 0.2) is 5.13 Å². The van der Waals surface area contributed by atoms with Gasteiger partial charge in [0.25, 0.3) is 5.78 Å². The third-order valence-corrected chi connectivity index (χ3v) is 7.32. The second-order valence-electron chi connectivity index (χ2n) is 8.66. The lowest BCUT2D eigenvalue weighted by Gasteiger charge is -2.22. The molecule has 1 N–H and O–H groups in total. The molecule has 39 heavy (non-hydrogen) atoms. The van der Waals surface area contributed by atoms with E-state index in [2.05, 4.69) is 9.97 Å². The summed E-state index contributed by atoms with van der Waals surface area (Å²) < 4.78 is 10.6. The summed E-state index contributed by atoms with van der Waals surface area (Å²) >= 11 is 0.935. The average molecular weight is 542 g/mol. The van der Waals surface area contributed by atoms with E-state index >= 15 is 0 Å². The Kier molecular flexibility index (Phi) is 7.20. The lowest BCUT2D eigenvalue weighted by atomic mass is 9.96. The summed E-state index contributed by atoms with van der Waals surface area (Å²) in [5.74, 6) is -2.12. The number of esters is 1. The number of carbonyl (C=O) groups is 3. The van der Waals surface area contributed by atoms with Crippen molar-refractivity contribution in [3.8, 4) is 5.75 Å². The van der Waals surface area contributed by atoms with E-state index in [1.807, 2.05) is 30.3 Å². The number of hydrogen-bond acceptors (Lipinski definition) is 9. The number of Topliss-reactive ketones (excluding diaryl/α,β-unsaturated/α-hetero) is 1. The van der Waals surface area contributed by atoms with Gasteiger partial charge in [-0.25, -0.2) is 9.78 Å². The Bertz CT molecular complexity index is 1570. The molecule has 1 fully saturated rings. The minimum Gasteiger partial charge on any atom is -0.507 e. The number of ether oxygens (including phenoxy) is 2. The van der Waals surface area contributed by atoms with Crippen molar-refractivity contribution in [2.24, 2.45) is 0 Å². The monoisotopic (exact) mass is 541 g/mol. The number of aryl methyl sites for hydroxylation is 1. The fourth-order valence-corrected chi connectivity index (χ4v) is 5.27. The SMILES string of the molecule is COC(=O)c1sc(N2C(=O)C(=O)/C(=C(/O)c3ccc(OCc4ccccc4)cc3)C2c2cccnc2)nc1C. The molecule has 1 amide bonds. The van der Waals surface area contributed by atoms with Gasteiger partial charge in [-0.1, -0.05) is 47.7 Å². The highest BCUT2D eigenvalue weighted by molar-refractivity contribution is 7.17. The number of thiazole rings is 1. The third kappa shape index (κ3) is 5.01. The molecule has 4 aromatic rings. The molecule has 5 rings (SSSR count). The van der Waals surface area contributed by atoms with Crippen LogP contribution in [-0.4, -0.2) is 39.8 Å². The molecule has 0 aliphatic carbocycles. The predicted molar refractivity (Wildman–Crippen MR) is 144 cm³/mol. The number of benzene rings is 2. The van der Waals surface area contributed by atoms with Gasteiger partial charge in [0, 0.05) is 18.0 Å². The van der Waals surface area contributed by atoms with E-state index < -0.39 is 23.7 Å². The first-order valence-electron chi connectivity index (χ1n) is 11.9. The highest BCUT2D eigenvalue weighted by atomic mass is 32.1. The quantitative estimate of drug-likeness (QED) is 0.153. The van der Waals surface area contributed by atoms with Crippen LogP contribution in [0.3, 0.4) is 0 Å². The zero-order valence-electron chi connectivity index (χ0n) is 21.0. The third-order valence-electron chi connectivity index (χ3n) is 6.18. The molecule has 10 heteroatoms. The number of carbonyl (C=O) groups excluding carboxylic acids is 3. The maximum absolute atomic E-state index is 13.3. The zero-order valence-corrected chi connectivity index (χ0v) is 21.8. The Balaban J connectivity index is 1.52. The first-order chi connectivity index (χ1) is 18.9. The number of aliphatic hydroxyl groups excluding tert-OH is 1. The van der Waals surface area contributed by atoms with Crippen LogP contribution in [0.15, 0.2) is 84.7 Å². The molecule has 0 bridgehead atoms. The number of hydrogen-bond donors (Lipinski definition) is 1. The number of methoxy groups -OCH3 is 1. The van der Waals surface area contributed by atoms with Crippen molar-refractivity contribution < 1.29 is 29.0 Å². The summed E-state index contributed by atoms with van der Waals surface area (Å²) in [6, 6.07) is 18.6. The molecule has 1 unspecified atom stereocenters. The molecule has 1 aliphatic heterocycles. The van der Waals surface area contributed by atoms with Crippen molar-refractivity contribution in [2.45, 2.75) is 19.6 Å². The van der Waals surface area contributed by atoms with Gasteiger partial charge in [-0.15, -0.1) is 0 Å². The highest BCUT2D eigenvalue weighted by Crippen LogP contribution is 2.43. The Labute approximate surface area is 228 Å². The van der Waals surface area contributed by atoms with E-state index in [1.54, 1.807) is 49.5 Å². The van der Waals surface area contributed by atoms with E-state index in [9.17, 15) is 19.5 Å². The van der Waals surface area contributed by atoms with Gasteiger partial charge in [0.2, 0.25) is 0 Å². The molecule has 0 radical (unpaired) electrons. The van der Waals surface area contributed by atoms with Crippen LogP contribution < -0.4 is 9.64 Å². The maximum atomic E-state index is 13.3. The molecule has 3 heterocycles. The molecular weight excluding hydrogens is 518 g/mol. The predicted octanol–water partition coefficient (Wildman–Crippen LogP) is 4.84. The summed E-state index contributed by atoms with van der Waals surface area (Å²) in [7, 11) is 1.25. The lowest BCUT2D eigenvalue weighted by molar-refractivity contribution is -0.132. The van der Waals surface area contributed by atoms with Gasteiger partial charge in [-0.05, 0) is 48.4 Å². The van der Waals surface area contributed by atoms with Gasteiger partial charge in [0.05, 0.1) is 24.4 Å². The van der Waals surface area contributed by atoms with Crippen LogP contribution in [0.5, 0.6) is 5.75 Å². The second-order valence-corrected chi connectivity index (χ2v) is 9.63. The Morgan fingerprint density at radius 1 is 1.05 bits per heavy atom. The van der Waals surface area contributed by atoms with Crippen LogP contribution in [0.1, 0.15) is 38.1 Å². The number of pyridine rings is 1. The molecule has 0 saturated carbocycles. The van der Waals surface area contributed by atoms with Crippen molar-refractivity contribution >= 4 is 39.9 Å². The summed E-state index contributed by atoms with van der Waals surface area (Å²) in [4.78, 5) is 48.7. The molecule has 1 atom stereocenters. The number of nitrogens with zero attached hydrogens (tertiary/aromatic N) is 3. The maximum Gasteiger partial charge on any atom is 0.350 e. The molecule has 2 aromatic carbocycles. The topological polar surface area (TPSA) is 119 Å². The minimum atomic E-state index is -1.01. The molecule has 0 spiro atoms. The lowest BCUT2D eigenvalue weighted by Crippen LogP contribution is -2.29. The van der Waals surface area contributed by atoms with E-state index in [-0.39, 0.29) is 21.3 Å². The minimum absolute atomic E-state index is 0.113. The van der Waals surface area contributed by atoms with Gasteiger partial charge < -0.3 is 14.6 Å². The van der Waals surface area contributed by atoms with Crippen LogP contribution in [0.4, 0.5) is 5.13 Å². The van der Waals surface area contributed by atoms with Gasteiger partial charge in [-0.3, -0.25) is 19.5 Å². The number of amides is 1. The van der Waals surface area contributed by atoms with Crippen molar-refractivity contribution in [1.82, 2.24) is 9.97 Å². The van der Waals surface area contributed by atoms with Gasteiger partial charge in [-0.2, -0.15) is 0 Å². The zero-order chi connectivity index (χ0) is 27.5. The second kappa shape index (κ2) is 10.9. The van der Waals surface area contributed by atoms with Crippen LogP contribution >= 0.6 is 11.3 Å². The summed E-state index contributed by atoms with van der Waals surface area (Å²) in [6.07, 6.45) is 3.08. The molecule has 1 aliphatic rings. The first-order valence-corrected chi connectivity index (χ1v) is 12.7. The standard InChI is InChI=1S/C29H23N3O6S/c1-17-26(28(36)37-2)39-29(31-17)32-23(20-9-6-14-30-15-20)22(25(34)27(32)35)24(33)19-10-12-21(13-11-19)38-16-18-7-4-3-5-8-18/h3-15,23,33H,16H2,1-2H3/b24-22+. The van der Waals surface area contributed by atoms with Gasteiger partial charge in [0.1, 0.15) is 23.0 Å². The summed E-state index contributed by atoms with van der Waals surface area (Å²) in [6.45, 7) is 1.99. The Morgan fingerprint density at radius 2 is 1.79 bits per heavy atom. The number of rotatable bonds is 7. The van der Waals surface area contributed by atoms with E-state index in [0.717, 1.165) is 16.9 Å². The molecular formula is C29H23N3O6S. The number of aromatic nitrogens is 2. The number of ketones is 1. The molecule has 9 nitrogen and oxygen atoms in total. The summed E-state index contributed by atoms with van der Waals surface area (Å²) in [5, 5.41) is 11.4. The van der Waals surface area contributed by atoms with E-state index in [0.29, 0.717) is 29.2 Å². The van der Waals surface area contributed by atoms with Crippen molar-refractivity contribution in [2.75, 3.05) is 12.0 Å². The normalized spacial score (nSPS) is 16.4. The van der Waals surface area contributed by atoms with Gasteiger partial charge >= 0.3 is 11.9 Å². The smallest absolute Gasteiger partial charge is 0.350 e. The van der Waals surface area contributed by atoms with Crippen LogP contribution in [-0.2, 0) is 20.9 Å². The van der Waals surface area contributed by atoms with Crippen molar-refractivity contribution in [3.05, 3.63) is 112 Å². The van der Waals surface area contributed by atoms with Crippen molar-refractivity contribution in [1.29, 1.82) is 0 Å². The Hall–Kier alpha value is -4.83.